The van der Waals surface area contributed by atoms with Crippen LogP contribution in [-0.2, 0) is 4.74 Å². The van der Waals surface area contributed by atoms with Gasteiger partial charge in [0.25, 0.3) is 5.91 Å². The van der Waals surface area contributed by atoms with Gasteiger partial charge >= 0.3 is 0 Å². The molecule has 0 bridgehead atoms. The smallest absolute Gasteiger partial charge is 0.263 e. The number of nitrogens with one attached hydrogen (secondary N) is 1. The van der Waals surface area contributed by atoms with Crippen LogP contribution < -0.4 is 5.32 Å². The van der Waals surface area contributed by atoms with Crippen molar-refractivity contribution in [3.05, 3.63) is 40.2 Å². The molecule has 3 rings (SSSR count). The third-order valence-corrected chi connectivity index (χ3v) is 6.50. The number of hydrogen-bond donors (Lipinski definition) is 2. The first-order valence-corrected chi connectivity index (χ1v) is 9.89. The van der Waals surface area contributed by atoms with Crippen molar-refractivity contribution in [1.82, 2.24) is 15.2 Å². The molecule has 28 heavy (non-hydrogen) atoms. The first-order valence-electron chi connectivity index (χ1n) is 9.08. The molecular weight excluding hydrogens is 376 g/mol. The Morgan fingerprint density at radius 2 is 2.14 bits per heavy atom. The molecule has 148 valence electrons. The Hall–Kier alpha value is -2.47. The molecule has 0 aliphatic carbocycles. The number of nitrogens with zero attached hydrogens (tertiary/aromatic N) is 3. The van der Waals surface area contributed by atoms with Crippen molar-refractivity contribution in [3.63, 3.8) is 0 Å². The third kappa shape index (κ3) is 4.02. The van der Waals surface area contributed by atoms with Gasteiger partial charge in [-0.3, -0.25) is 4.79 Å². The van der Waals surface area contributed by atoms with Crippen molar-refractivity contribution in [2.75, 3.05) is 33.9 Å². The molecule has 0 spiro atoms. The van der Waals surface area contributed by atoms with Gasteiger partial charge in [-0.1, -0.05) is 6.07 Å². The van der Waals surface area contributed by atoms with Crippen molar-refractivity contribution in [2.45, 2.75) is 25.3 Å². The maximum Gasteiger partial charge on any atom is 0.263 e. The number of benzene rings is 1. The summed E-state index contributed by atoms with van der Waals surface area (Å²) >= 11 is 1.29. The first kappa shape index (κ1) is 20.3. The quantitative estimate of drug-likeness (QED) is 0.754. The van der Waals surface area contributed by atoms with Crippen molar-refractivity contribution in [3.8, 4) is 16.3 Å². The number of phenols is 1. The number of aromatic hydroxyl groups is 1. The Bertz CT molecular complexity index is 911. The van der Waals surface area contributed by atoms with E-state index in [-0.39, 0.29) is 22.9 Å². The Morgan fingerprint density at radius 3 is 2.79 bits per heavy atom. The third-order valence-electron chi connectivity index (χ3n) is 5.30. The average Bonchev–Trinajstić information content (AvgIpc) is 3.09. The highest BCUT2D eigenvalue weighted by atomic mass is 32.1. The van der Waals surface area contributed by atoms with E-state index in [1.165, 1.54) is 17.4 Å². The summed E-state index contributed by atoms with van der Waals surface area (Å²) in [4.78, 5) is 23.4. The lowest BCUT2D eigenvalue weighted by molar-refractivity contribution is -0.00656. The number of carbonyl (C=O) groups excluding carboxylic acids is 1. The summed E-state index contributed by atoms with van der Waals surface area (Å²) < 4.78 is 5.48. The SMILES string of the molecule is [C-]#[N+]c1cc(-c2nc(C)c(C(=O)NCC3(N(C)C)CCOCC3)s2)ccc1O. The number of carbonyl (C=O) groups is 1. The van der Waals surface area contributed by atoms with E-state index in [1.807, 2.05) is 14.1 Å². The van der Waals surface area contributed by atoms with E-state index in [9.17, 15) is 9.90 Å². The van der Waals surface area contributed by atoms with Crippen LogP contribution in [0.1, 0.15) is 28.2 Å². The second-order valence-corrected chi connectivity index (χ2v) is 8.16. The number of hydrogen-bond acceptors (Lipinski definition) is 6. The minimum Gasteiger partial charge on any atom is -0.519 e. The molecule has 2 aromatic rings. The lowest BCUT2D eigenvalue weighted by Gasteiger charge is -2.42. The van der Waals surface area contributed by atoms with Crippen LogP contribution in [0.15, 0.2) is 18.2 Å². The van der Waals surface area contributed by atoms with E-state index in [2.05, 4.69) is 20.0 Å². The predicted octanol–water partition coefficient (Wildman–Crippen LogP) is 3.22. The maximum atomic E-state index is 12.8. The van der Waals surface area contributed by atoms with Gasteiger partial charge in [-0.05, 0) is 46.0 Å². The van der Waals surface area contributed by atoms with E-state index < -0.39 is 0 Å². The minimum atomic E-state index is -0.141. The van der Waals surface area contributed by atoms with Gasteiger partial charge in [0, 0.05) is 30.9 Å². The summed E-state index contributed by atoms with van der Waals surface area (Å²) in [6.45, 7) is 10.9. The predicted molar refractivity (Wildman–Crippen MR) is 109 cm³/mol. The van der Waals surface area contributed by atoms with Gasteiger partial charge in [0.05, 0.1) is 12.3 Å². The highest BCUT2D eigenvalue weighted by molar-refractivity contribution is 7.17. The van der Waals surface area contributed by atoms with Gasteiger partial charge in [-0.2, -0.15) is 0 Å². The second-order valence-electron chi connectivity index (χ2n) is 7.16. The van der Waals surface area contributed by atoms with Gasteiger partial charge in [-0.15, -0.1) is 11.3 Å². The average molecular weight is 401 g/mol. The molecule has 0 saturated carbocycles. The Balaban J connectivity index is 1.77. The van der Waals surface area contributed by atoms with E-state index >= 15 is 0 Å². The second kappa shape index (κ2) is 8.27. The lowest BCUT2D eigenvalue weighted by atomic mass is 9.88. The topological polar surface area (TPSA) is 79.1 Å². The molecular formula is C20H24N4O3S. The van der Waals surface area contributed by atoms with E-state index in [4.69, 9.17) is 11.3 Å². The fourth-order valence-corrected chi connectivity index (χ4v) is 4.31. The molecule has 8 heteroatoms. The summed E-state index contributed by atoms with van der Waals surface area (Å²) in [6, 6.07) is 4.77. The number of ether oxygens (including phenoxy) is 1. The molecule has 7 nitrogen and oxygen atoms in total. The van der Waals surface area contributed by atoms with Gasteiger partial charge < -0.3 is 20.1 Å². The summed E-state index contributed by atoms with van der Waals surface area (Å²) in [5.74, 6) is -0.200. The standard InChI is InChI=1S/C20H24N4O3S/c1-13-17(18(26)22-12-20(24(3)4)7-9-27-10-8-20)28-19(23-13)14-5-6-16(25)15(11-14)21-2/h5-6,11,25H,7-10,12H2,1,3-4H3,(H,22,26). The van der Waals surface area contributed by atoms with Crippen LogP contribution in [0.2, 0.25) is 0 Å². The Labute approximate surface area is 168 Å². The highest BCUT2D eigenvalue weighted by Crippen LogP contribution is 2.35. The van der Waals surface area contributed by atoms with Crippen LogP contribution in [0.5, 0.6) is 5.75 Å². The fraction of sp³-hybridized carbons (Fsp3) is 0.450. The zero-order chi connectivity index (χ0) is 20.3. The summed E-state index contributed by atoms with van der Waals surface area (Å²) in [7, 11) is 4.07. The molecule has 1 aliphatic rings. The highest BCUT2D eigenvalue weighted by Gasteiger charge is 2.35. The normalized spacial score (nSPS) is 16.0. The van der Waals surface area contributed by atoms with Crippen LogP contribution >= 0.6 is 11.3 Å². The summed E-state index contributed by atoms with van der Waals surface area (Å²) in [6.07, 6.45) is 1.75. The molecule has 1 fully saturated rings. The molecule has 0 atom stereocenters. The van der Waals surface area contributed by atoms with Crippen LogP contribution in [0, 0.1) is 13.5 Å². The Kier molecular flexibility index (Phi) is 5.98. The molecule has 1 aromatic carbocycles. The van der Waals surface area contributed by atoms with E-state index in [0.717, 1.165) is 12.8 Å². The minimum absolute atomic E-state index is 0.0598. The van der Waals surface area contributed by atoms with Crippen molar-refractivity contribution >= 4 is 22.9 Å². The molecule has 1 saturated heterocycles. The van der Waals surface area contributed by atoms with E-state index in [0.29, 0.717) is 40.9 Å². The number of likely N-dealkylation sites (N-methyl/N-ethyl adjacent to an activating group) is 1. The van der Waals surface area contributed by atoms with Crippen molar-refractivity contribution in [2.24, 2.45) is 0 Å². The number of amides is 1. The van der Waals surface area contributed by atoms with Crippen molar-refractivity contribution < 1.29 is 14.6 Å². The molecule has 1 aromatic heterocycles. The van der Waals surface area contributed by atoms with E-state index in [1.54, 1.807) is 19.1 Å². The summed E-state index contributed by atoms with van der Waals surface area (Å²) in [5.41, 5.74) is 1.44. The van der Waals surface area contributed by atoms with Crippen LogP contribution in [0.4, 0.5) is 5.69 Å². The number of phenolic OH excluding ortho intramolecular Hbond substituents is 1. The zero-order valence-electron chi connectivity index (χ0n) is 16.3. The van der Waals surface area contributed by atoms with Crippen LogP contribution in [0.25, 0.3) is 15.4 Å². The summed E-state index contributed by atoms with van der Waals surface area (Å²) in [5, 5.41) is 13.4. The van der Waals surface area contributed by atoms with Gasteiger partial charge in [0.2, 0.25) is 5.69 Å². The molecule has 2 N–H and O–H groups in total. The number of aromatic nitrogens is 1. The molecule has 0 radical (unpaired) electrons. The lowest BCUT2D eigenvalue weighted by Crippen LogP contribution is -2.55. The van der Waals surface area contributed by atoms with Gasteiger partial charge in [-0.25, -0.2) is 9.83 Å². The number of aryl methyl sites for hydroxylation is 1. The largest absolute Gasteiger partial charge is 0.519 e. The van der Waals surface area contributed by atoms with Crippen molar-refractivity contribution in [1.29, 1.82) is 0 Å². The van der Waals surface area contributed by atoms with Gasteiger partial charge in [0.15, 0.2) is 0 Å². The first-order chi connectivity index (χ1) is 13.4. The molecule has 2 heterocycles. The number of thiazole rings is 1. The molecule has 0 unspecified atom stereocenters. The maximum absolute atomic E-state index is 12.8. The number of rotatable bonds is 5. The molecule has 1 aliphatic heterocycles. The van der Waals surface area contributed by atoms with Crippen LogP contribution in [-0.4, -0.2) is 60.3 Å². The zero-order valence-corrected chi connectivity index (χ0v) is 17.1. The van der Waals surface area contributed by atoms with Crippen LogP contribution in [0.3, 0.4) is 0 Å². The fourth-order valence-electron chi connectivity index (χ4n) is 3.34. The molecule has 1 amide bonds. The monoisotopic (exact) mass is 400 g/mol. The van der Waals surface area contributed by atoms with Gasteiger partial charge in [0.1, 0.15) is 15.6 Å². The Morgan fingerprint density at radius 1 is 1.43 bits per heavy atom.